The number of likely N-dealkylation sites (N-methyl/N-ethyl adjacent to an activating group) is 1. The van der Waals surface area contributed by atoms with E-state index in [2.05, 4.69) is 34.2 Å². The van der Waals surface area contributed by atoms with E-state index in [9.17, 15) is 4.79 Å². The lowest BCUT2D eigenvalue weighted by Gasteiger charge is -2.22. The summed E-state index contributed by atoms with van der Waals surface area (Å²) < 4.78 is 0. The van der Waals surface area contributed by atoms with Crippen LogP contribution in [0.25, 0.3) is 0 Å². The number of amides is 1. The Morgan fingerprint density at radius 3 is 2.52 bits per heavy atom. The molecular formula is C17H27N3O. The second-order valence-electron chi connectivity index (χ2n) is 5.76. The van der Waals surface area contributed by atoms with E-state index in [4.69, 9.17) is 0 Å². The molecule has 1 fully saturated rings. The molecule has 21 heavy (non-hydrogen) atoms. The van der Waals surface area contributed by atoms with Crippen molar-refractivity contribution in [2.45, 2.75) is 26.3 Å². The summed E-state index contributed by atoms with van der Waals surface area (Å²) in [7, 11) is 0. The van der Waals surface area contributed by atoms with Crippen LogP contribution in [0.15, 0.2) is 30.3 Å². The first-order valence-corrected chi connectivity index (χ1v) is 7.98. The minimum atomic E-state index is 0.0674. The largest absolute Gasteiger partial charge is 0.348 e. The van der Waals surface area contributed by atoms with Crippen molar-refractivity contribution >= 4 is 5.91 Å². The molecule has 0 spiro atoms. The Morgan fingerprint density at radius 1 is 1.14 bits per heavy atom. The van der Waals surface area contributed by atoms with Gasteiger partial charge >= 0.3 is 0 Å². The molecule has 0 saturated carbocycles. The van der Waals surface area contributed by atoms with Crippen LogP contribution in [-0.4, -0.2) is 55.0 Å². The second kappa shape index (κ2) is 8.15. The van der Waals surface area contributed by atoms with Crippen LogP contribution in [0.3, 0.4) is 0 Å². The minimum Gasteiger partial charge on any atom is -0.348 e. The van der Waals surface area contributed by atoms with Gasteiger partial charge in [0.05, 0.1) is 12.6 Å². The van der Waals surface area contributed by atoms with E-state index in [1.54, 1.807) is 0 Å². The van der Waals surface area contributed by atoms with Crippen LogP contribution in [0.4, 0.5) is 0 Å². The van der Waals surface area contributed by atoms with Crippen LogP contribution in [0, 0.1) is 0 Å². The monoisotopic (exact) mass is 289 g/mol. The molecule has 2 rings (SSSR count). The molecule has 0 aromatic heterocycles. The maximum atomic E-state index is 12.2. The summed E-state index contributed by atoms with van der Waals surface area (Å²) in [6, 6.07) is 10.2. The highest BCUT2D eigenvalue weighted by atomic mass is 16.2. The number of carbonyl (C=O) groups is 1. The zero-order valence-corrected chi connectivity index (χ0v) is 13.2. The topological polar surface area (TPSA) is 35.6 Å². The summed E-state index contributed by atoms with van der Waals surface area (Å²) in [5, 5.41) is 3.09. The number of benzene rings is 1. The summed E-state index contributed by atoms with van der Waals surface area (Å²) in [6.45, 7) is 10.1. The Balaban J connectivity index is 1.79. The fourth-order valence-corrected chi connectivity index (χ4v) is 2.81. The molecule has 1 aromatic rings. The van der Waals surface area contributed by atoms with Crippen LogP contribution in [0.2, 0.25) is 0 Å². The zero-order chi connectivity index (χ0) is 15.1. The summed E-state index contributed by atoms with van der Waals surface area (Å²) in [6.07, 6.45) is 1.15. The van der Waals surface area contributed by atoms with Gasteiger partial charge in [0, 0.05) is 13.1 Å². The molecule has 116 valence electrons. The van der Waals surface area contributed by atoms with Crippen LogP contribution in [0.5, 0.6) is 0 Å². The van der Waals surface area contributed by atoms with Crippen molar-refractivity contribution in [3.63, 3.8) is 0 Å². The van der Waals surface area contributed by atoms with Crippen molar-refractivity contribution in [3.8, 4) is 0 Å². The fraction of sp³-hybridized carbons (Fsp3) is 0.588. The first-order chi connectivity index (χ1) is 10.2. The second-order valence-corrected chi connectivity index (χ2v) is 5.76. The van der Waals surface area contributed by atoms with Gasteiger partial charge in [0.25, 0.3) is 0 Å². The lowest BCUT2D eigenvalue weighted by Crippen LogP contribution is -2.40. The molecule has 0 aliphatic carbocycles. The molecule has 1 saturated heterocycles. The summed E-state index contributed by atoms with van der Waals surface area (Å²) >= 11 is 0. The molecule has 0 unspecified atom stereocenters. The lowest BCUT2D eigenvalue weighted by molar-refractivity contribution is -0.122. The van der Waals surface area contributed by atoms with Gasteiger partial charge in [-0.2, -0.15) is 0 Å². The van der Waals surface area contributed by atoms with Gasteiger partial charge in [-0.1, -0.05) is 37.3 Å². The van der Waals surface area contributed by atoms with Crippen LogP contribution in [0.1, 0.15) is 31.9 Å². The van der Waals surface area contributed by atoms with Crippen molar-refractivity contribution in [3.05, 3.63) is 35.9 Å². The van der Waals surface area contributed by atoms with Gasteiger partial charge in [-0.15, -0.1) is 0 Å². The third-order valence-electron chi connectivity index (χ3n) is 4.17. The van der Waals surface area contributed by atoms with E-state index in [0.29, 0.717) is 6.54 Å². The normalized spacial score (nSPS) is 19.0. The summed E-state index contributed by atoms with van der Waals surface area (Å²) in [5.41, 5.74) is 1.15. The molecular weight excluding hydrogens is 262 g/mol. The van der Waals surface area contributed by atoms with Gasteiger partial charge in [0.15, 0.2) is 0 Å². The van der Waals surface area contributed by atoms with Crippen LogP contribution >= 0.6 is 0 Å². The molecule has 0 bridgehead atoms. The average molecular weight is 289 g/mol. The highest BCUT2D eigenvalue weighted by Crippen LogP contribution is 2.11. The molecule has 1 atom stereocenters. The van der Waals surface area contributed by atoms with Gasteiger partial charge in [0.2, 0.25) is 5.91 Å². The molecule has 1 aromatic carbocycles. The quantitative estimate of drug-likeness (QED) is 0.899. The summed E-state index contributed by atoms with van der Waals surface area (Å²) in [4.78, 5) is 16.9. The number of nitrogens with zero attached hydrogens (tertiary/aromatic N) is 2. The van der Waals surface area contributed by atoms with Gasteiger partial charge in [-0.05, 0) is 38.5 Å². The molecule has 1 N–H and O–H groups in total. The molecule has 1 aliphatic rings. The van der Waals surface area contributed by atoms with Crippen molar-refractivity contribution in [1.29, 1.82) is 0 Å². The molecule has 4 heteroatoms. The standard InChI is InChI=1S/C17H27N3O/c1-3-19-10-7-11-20(13-12-19)14-17(21)18-15(2)16-8-5-4-6-9-16/h4-6,8-9,15H,3,7,10-14H2,1-2H3,(H,18,21)/t15-/m1/s1. The van der Waals surface area contributed by atoms with Crippen LogP contribution in [-0.2, 0) is 4.79 Å². The van der Waals surface area contributed by atoms with Gasteiger partial charge in [0.1, 0.15) is 0 Å². The lowest BCUT2D eigenvalue weighted by atomic mass is 10.1. The molecule has 4 nitrogen and oxygen atoms in total. The van der Waals surface area contributed by atoms with E-state index in [-0.39, 0.29) is 11.9 Å². The number of hydrogen-bond acceptors (Lipinski definition) is 3. The Morgan fingerprint density at radius 2 is 1.81 bits per heavy atom. The van der Waals surface area contributed by atoms with Crippen molar-refractivity contribution in [1.82, 2.24) is 15.1 Å². The maximum Gasteiger partial charge on any atom is 0.234 e. The number of hydrogen-bond donors (Lipinski definition) is 1. The number of carbonyl (C=O) groups excluding carboxylic acids is 1. The number of rotatable bonds is 5. The van der Waals surface area contributed by atoms with Gasteiger partial charge < -0.3 is 10.2 Å². The smallest absolute Gasteiger partial charge is 0.234 e. The maximum absolute atomic E-state index is 12.2. The minimum absolute atomic E-state index is 0.0674. The van der Waals surface area contributed by atoms with Crippen molar-refractivity contribution in [2.75, 3.05) is 39.3 Å². The predicted molar refractivity (Wildman–Crippen MR) is 86.2 cm³/mol. The Bertz CT molecular complexity index is 435. The third kappa shape index (κ3) is 5.14. The van der Waals surface area contributed by atoms with E-state index >= 15 is 0 Å². The Kier molecular flexibility index (Phi) is 6.21. The Labute approximate surface area is 128 Å². The molecule has 1 aliphatic heterocycles. The van der Waals surface area contributed by atoms with Crippen LogP contribution < -0.4 is 5.32 Å². The van der Waals surface area contributed by atoms with E-state index in [0.717, 1.165) is 44.7 Å². The molecule has 1 amide bonds. The summed E-state index contributed by atoms with van der Waals surface area (Å²) in [5.74, 6) is 0.122. The zero-order valence-electron chi connectivity index (χ0n) is 13.2. The molecule has 0 radical (unpaired) electrons. The average Bonchev–Trinajstić information content (AvgIpc) is 2.73. The number of nitrogens with one attached hydrogen (secondary N) is 1. The Hall–Kier alpha value is -1.39. The van der Waals surface area contributed by atoms with Gasteiger partial charge in [-0.3, -0.25) is 9.69 Å². The third-order valence-corrected chi connectivity index (χ3v) is 4.17. The van der Waals surface area contributed by atoms with E-state index in [1.807, 2.05) is 25.1 Å². The fourth-order valence-electron chi connectivity index (χ4n) is 2.81. The van der Waals surface area contributed by atoms with E-state index in [1.165, 1.54) is 0 Å². The highest BCUT2D eigenvalue weighted by molar-refractivity contribution is 5.78. The first kappa shape index (κ1) is 16.0. The molecule has 1 heterocycles. The van der Waals surface area contributed by atoms with Gasteiger partial charge in [-0.25, -0.2) is 0 Å². The highest BCUT2D eigenvalue weighted by Gasteiger charge is 2.17. The first-order valence-electron chi connectivity index (χ1n) is 7.98. The SMILES string of the molecule is CCN1CCCN(CC(=O)N[C@H](C)c2ccccc2)CC1. The predicted octanol–water partition coefficient (Wildman–Crippen LogP) is 1.89. The van der Waals surface area contributed by atoms with E-state index < -0.39 is 0 Å². The van der Waals surface area contributed by atoms with Crippen molar-refractivity contribution in [2.24, 2.45) is 0 Å². The van der Waals surface area contributed by atoms with Crippen molar-refractivity contribution < 1.29 is 4.79 Å².